The van der Waals surface area contributed by atoms with Gasteiger partial charge in [-0.2, -0.15) is 0 Å². The average Bonchev–Trinajstić information content (AvgIpc) is 3.34. The molecule has 3 aromatic rings. The Hall–Kier alpha value is -1.51. The summed E-state index contributed by atoms with van der Waals surface area (Å²) in [4.78, 5) is 0. The molecule has 0 bridgehead atoms. The number of hydrogen-bond acceptors (Lipinski definition) is 0. The Morgan fingerprint density at radius 1 is 0.923 bits per heavy atom. The van der Waals surface area contributed by atoms with Gasteiger partial charge in [-0.25, -0.2) is 0 Å². The van der Waals surface area contributed by atoms with E-state index in [1.807, 2.05) is 0 Å². The fourth-order valence-corrected chi connectivity index (χ4v) is 6.19. The SMILES string of the molecule is C1=CC[C]([Ti+2][CH]2C(n3ccc4ccccc43)=Cc3ccccc32)=C1.[Cl-].[Cl-]. The molecule has 26 heavy (non-hydrogen) atoms. The standard InChI is InChI=1S/C17H12N.C5H5.2ClH.Ti/c1-2-7-15-12-16(11-14(15)6-1)18-10-9-13-5-3-4-8-17(13)18;1-2-4-5-3-1;;;/h1-12H;1-3H,4H2;2*1H;/q;;;;+2/p-2. The van der Waals surface area contributed by atoms with E-state index in [4.69, 9.17) is 0 Å². The van der Waals surface area contributed by atoms with Crippen molar-refractivity contribution < 1.29 is 44.0 Å². The van der Waals surface area contributed by atoms with Gasteiger partial charge < -0.3 is 24.8 Å². The van der Waals surface area contributed by atoms with Crippen LogP contribution >= 0.6 is 0 Å². The molecule has 0 N–H and O–H groups in total. The summed E-state index contributed by atoms with van der Waals surface area (Å²) in [5.41, 5.74) is 5.67. The molecule has 1 nitrogen and oxygen atoms in total. The molecule has 1 atom stereocenters. The van der Waals surface area contributed by atoms with Gasteiger partial charge in [-0.1, -0.05) is 0 Å². The van der Waals surface area contributed by atoms with E-state index in [-0.39, 0.29) is 44.0 Å². The molecular formula is C22H17Cl2NTi. The number of nitrogens with zero attached hydrogens (tertiary/aromatic N) is 1. The van der Waals surface area contributed by atoms with Crippen molar-refractivity contribution >= 4 is 22.7 Å². The fourth-order valence-electron chi connectivity index (χ4n) is 3.72. The molecule has 0 aliphatic heterocycles. The van der Waals surface area contributed by atoms with Gasteiger partial charge in [-0.15, -0.1) is 0 Å². The van der Waals surface area contributed by atoms with E-state index < -0.39 is 0 Å². The monoisotopic (exact) mass is 413 g/mol. The molecule has 0 radical (unpaired) electrons. The normalized spacial score (nSPS) is 17.0. The molecule has 2 aromatic carbocycles. The molecule has 0 amide bonds. The maximum Gasteiger partial charge on any atom is -1.00 e. The van der Waals surface area contributed by atoms with E-state index in [1.54, 1.807) is 3.88 Å². The number of aromatic nitrogens is 1. The number of fused-ring (bicyclic) bond motifs is 2. The molecule has 2 aliphatic carbocycles. The van der Waals surface area contributed by atoms with Crippen LogP contribution in [0.15, 0.2) is 82.9 Å². The second-order valence-corrected chi connectivity index (χ2v) is 8.70. The first kappa shape index (κ1) is 19.3. The van der Waals surface area contributed by atoms with Crippen LogP contribution in [0.4, 0.5) is 0 Å². The molecule has 0 saturated carbocycles. The minimum Gasteiger partial charge on any atom is -1.00 e. The van der Waals surface area contributed by atoms with E-state index >= 15 is 0 Å². The fraction of sp³-hybridized carbons (Fsp3) is 0.0909. The third kappa shape index (κ3) is 3.26. The Kier molecular flexibility index (Phi) is 5.94. The molecule has 5 rings (SSSR count). The minimum absolute atomic E-state index is 0. The Morgan fingerprint density at radius 2 is 1.73 bits per heavy atom. The molecule has 4 heteroatoms. The zero-order valence-electron chi connectivity index (χ0n) is 14.1. The number of benzene rings is 2. The summed E-state index contributed by atoms with van der Waals surface area (Å²) < 4.78 is 4.62. The Bertz CT molecular complexity index is 1030. The van der Waals surface area contributed by atoms with Gasteiger partial charge in [0.25, 0.3) is 0 Å². The number of para-hydroxylation sites is 1. The van der Waals surface area contributed by atoms with Crippen molar-refractivity contribution in [3.05, 3.63) is 94.0 Å². The second-order valence-electron chi connectivity index (χ2n) is 6.34. The van der Waals surface area contributed by atoms with Crippen molar-refractivity contribution in [2.75, 3.05) is 0 Å². The third-order valence-electron chi connectivity index (χ3n) is 4.88. The number of halogens is 2. The number of hydrogen-bond donors (Lipinski definition) is 0. The first-order chi connectivity index (χ1) is 11.9. The van der Waals surface area contributed by atoms with Crippen LogP contribution in [-0.4, -0.2) is 4.57 Å². The molecule has 1 aromatic heterocycles. The molecule has 128 valence electrons. The zero-order valence-corrected chi connectivity index (χ0v) is 17.1. The Labute approximate surface area is 175 Å². The maximum absolute atomic E-state index is 2.41. The average molecular weight is 414 g/mol. The van der Waals surface area contributed by atoms with Crippen molar-refractivity contribution in [1.82, 2.24) is 4.57 Å². The first-order valence-corrected chi connectivity index (χ1v) is 10.1. The van der Waals surface area contributed by atoms with Crippen molar-refractivity contribution in [3.8, 4) is 0 Å². The van der Waals surface area contributed by atoms with Crippen LogP contribution in [0.5, 0.6) is 0 Å². The van der Waals surface area contributed by atoms with Crippen LogP contribution < -0.4 is 24.8 Å². The van der Waals surface area contributed by atoms with Crippen LogP contribution in [0.3, 0.4) is 0 Å². The van der Waals surface area contributed by atoms with E-state index in [0.717, 1.165) is 6.42 Å². The van der Waals surface area contributed by atoms with E-state index in [0.29, 0.717) is 4.22 Å². The van der Waals surface area contributed by atoms with Gasteiger partial charge in [-0.05, 0) is 0 Å². The van der Waals surface area contributed by atoms with E-state index in [2.05, 4.69) is 89.7 Å². The quantitative estimate of drug-likeness (QED) is 0.516. The summed E-state index contributed by atoms with van der Waals surface area (Å²) in [6.45, 7) is 0. The van der Waals surface area contributed by atoms with Crippen molar-refractivity contribution in [1.29, 1.82) is 0 Å². The summed E-state index contributed by atoms with van der Waals surface area (Å²) in [5.74, 6) is 0. The minimum atomic E-state index is -0.224. The van der Waals surface area contributed by atoms with E-state index in [1.165, 1.54) is 27.7 Å². The predicted octanol–water partition coefficient (Wildman–Crippen LogP) is -0.372. The van der Waals surface area contributed by atoms with Crippen molar-refractivity contribution in [2.24, 2.45) is 0 Å². The van der Waals surface area contributed by atoms with Gasteiger partial charge in [-0.3, -0.25) is 0 Å². The van der Waals surface area contributed by atoms with Gasteiger partial charge in [0, 0.05) is 0 Å². The van der Waals surface area contributed by atoms with Crippen LogP contribution in [0.25, 0.3) is 22.7 Å². The van der Waals surface area contributed by atoms with Gasteiger partial charge in [0.05, 0.1) is 0 Å². The van der Waals surface area contributed by atoms with Gasteiger partial charge in [0.15, 0.2) is 0 Å². The molecule has 0 spiro atoms. The summed E-state index contributed by atoms with van der Waals surface area (Å²) in [5, 5.41) is 1.31. The first-order valence-electron chi connectivity index (χ1n) is 8.39. The second kappa shape index (κ2) is 8.02. The summed E-state index contributed by atoms with van der Waals surface area (Å²) in [6, 6.07) is 19.8. The summed E-state index contributed by atoms with van der Waals surface area (Å²) in [6.07, 6.45) is 12.6. The van der Waals surface area contributed by atoms with Crippen LogP contribution in [-0.2, 0) is 19.2 Å². The maximum atomic E-state index is 2.41. The van der Waals surface area contributed by atoms with Crippen LogP contribution in [0, 0.1) is 0 Å². The number of allylic oxidation sites excluding steroid dienone is 5. The number of rotatable bonds is 3. The zero-order chi connectivity index (χ0) is 15.9. The summed E-state index contributed by atoms with van der Waals surface area (Å²) >= 11 is -0.224. The van der Waals surface area contributed by atoms with Gasteiger partial charge in [0.1, 0.15) is 0 Å². The molecule has 2 aliphatic rings. The van der Waals surface area contributed by atoms with E-state index in [9.17, 15) is 0 Å². The van der Waals surface area contributed by atoms with Crippen molar-refractivity contribution in [2.45, 2.75) is 10.6 Å². The van der Waals surface area contributed by atoms with Crippen LogP contribution in [0.2, 0.25) is 0 Å². The van der Waals surface area contributed by atoms with Gasteiger partial charge in [0.2, 0.25) is 0 Å². The predicted molar refractivity (Wildman–Crippen MR) is 97.1 cm³/mol. The van der Waals surface area contributed by atoms with Gasteiger partial charge >= 0.3 is 151 Å². The van der Waals surface area contributed by atoms with Crippen molar-refractivity contribution in [3.63, 3.8) is 0 Å². The Morgan fingerprint density at radius 3 is 2.58 bits per heavy atom. The van der Waals surface area contributed by atoms with Crippen LogP contribution in [0.1, 0.15) is 21.8 Å². The topological polar surface area (TPSA) is 4.93 Å². The molecule has 1 unspecified atom stereocenters. The smallest absolute Gasteiger partial charge is 1.00 e. The molecule has 0 saturated heterocycles. The Balaban J connectivity index is 0.000000980. The molecular weight excluding hydrogens is 397 g/mol. The largest absolute Gasteiger partial charge is 1.00 e. The summed E-state index contributed by atoms with van der Waals surface area (Å²) in [7, 11) is 0. The third-order valence-corrected chi connectivity index (χ3v) is 7.44. The molecule has 1 heterocycles. The molecule has 0 fully saturated rings.